The molecule has 1 heterocycles. The summed E-state index contributed by atoms with van der Waals surface area (Å²) in [5.74, 6) is -2.92. The highest BCUT2D eigenvalue weighted by Gasteiger charge is 2.40. The van der Waals surface area contributed by atoms with Crippen molar-refractivity contribution in [2.45, 2.75) is 64.3 Å². The van der Waals surface area contributed by atoms with Gasteiger partial charge in [0.15, 0.2) is 0 Å². The molecule has 1 aromatic carbocycles. The maximum atomic E-state index is 13.2. The number of likely N-dealkylation sites (tertiary alicyclic amines) is 1. The van der Waals surface area contributed by atoms with Gasteiger partial charge in [0.25, 0.3) is 0 Å². The van der Waals surface area contributed by atoms with E-state index >= 15 is 0 Å². The molecule has 1 aromatic rings. The highest BCUT2D eigenvalue weighted by Crippen LogP contribution is 2.47. The van der Waals surface area contributed by atoms with E-state index in [0.29, 0.717) is 25.8 Å². The van der Waals surface area contributed by atoms with Crippen LogP contribution < -0.4 is 11.1 Å². The summed E-state index contributed by atoms with van der Waals surface area (Å²) in [6.45, 7) is 5.83. The normalized spacial score (nSPS) is 20.3. The molecule has 1 saturated heterocycles. The highest BCUT2D eigenvalue weighted by molar-refractivity contribution is 7.58. The molecule has 34 heavy (non-hydrogen) atoms. The molecular formula is C24H38N3O6P. The number of benzene rings is 1. The molecule has 0 radical (unpaired) electrons. The molecule has 190 valence electrons. The summed E-state index contributed by atoms with van der Waals surface area (Å²) in [7, 11) is -2.56. The molecule has 1 fully saturated rings. The molecule has 2 rings (SSSR count). The first kappa shape index (κ1) is 28.0. The number of methoxy groups -OCH3 is 1. The minimum absolute atomic E-state index is 0.157. The summed E-state index contributed by atoms with van der Waals surface area (Å²) in [6, 6.07) is 7.67. The first-order chi connectivity index (χ1) is 16.0. The number of hydrogen-bond acceptors (Lipinski definition) is 6. The topological polar surface area (TPSA) is 139 Å². The fraction of sp³-hybridized carbons (Fsp3) is 0.625. The Hall–Kier alpha value is -2.22. The lowest BCUT2D eigenvalue weighted by atomic mass is 10.0. The van der Waals surface area contributed by atoms with Gasteiger partial charge in [0.05, 0.1) is 12.9 Å². The van der Waals surface area contributed by atoms with Crippen molar-refractivity contribution in [1.82, 2.24) is 10.2 Å². The quantitative estimate of drug-likeness (QED) is 0.316. The zero-order valence-electron chi connectivity index (χ0n) is 20.5. The Morgan fingerprint density at radius 1 is 1.24 bits per heavy atom. The molecule has 1 aliphatic rings. The summed E-state index contributed by atoms with van der Waals surface area (Å²) in [5.41, 5.74) is 6.90. The standard InChI is InChI=1S/C24H38N3O6P/c1-16(2)13-19(24(30)33-4)26-22(28)20-11-8-12-27(20)23(29)17(3)15-34(31,32)21(25)14-18-9-6-5-7-10-18/h5-7,9-10,16-17,19-21H,8,11-15,25H2,1-4H3,(H,26,28)(H,31,32)/t17?,19-,20-,21+/m0/s1. The van der Waals surface area contributed by atoms with E-state index in [0.717, 1.165) is 5.56 Å². The summed E-state index contributed by atoms with van der Waals surface area (Å²) < 4.78 is 17.8. The van der Waals surface area contributed by atoms with Crippen molar-refractivity contribution in [3.63, 3.8) is 0 Å². The van der Waals surface area contributed by atoms with Crippen molar-refractivity contribution in [3.8, 4) is 0 Å². The third-order valence-electron chi connectivity index (χ3n) is 6.11. The Labute approximate surface area is 201 Å². The van der Waals surface area contributed by atoms with Crippen molar-refractivity contribution < 1.29 is 28.6 Å². The van der Waals surface area contributed by atoms with E-state index in [4.69, 9.17) is 10.5 Å². The molecule has 0 bridgehead atoms. The Morgan fingerprint density at radius 2 is 1.88 bits per heavy atom. The average molecular weight is 496 g/mol. The molecule has 2 amide bonds. The van der Waals surface area contributed by atoms with Gasteiger partial charge in [-0.1, -0.05) is 51.1 Å². The third-order valence-corrected chi connectivity index (χ3v) is 8.40. The van der Waals surface area contributed by atoms with E-state index in [1.807, 2.05) is 44.2 Å². The van der Waals surface area contributed by atoms with Crippen LogP contribution >= 0.6 is 7.37 Å². The Kier molecular flexibility index (Phi) is 10.3. The van der Waals surface area contributed by atoms with Crippen LogP contribution in [-0.4, -0.2) is 65.3 Å². The second-order valence-electron chi connectivity index (χ2n) is 9.50. The number of ether oxygens (including phenoxy) is 1. The number of amides is 2. The van der Waals surface area contributed by atoms with E-state index in [1.54, 1.807) is 6.92 Å². The number of nitrogens with zero attached hydrogens (tertiary/aromatic N) is 1. The number of rotatable bonds is 11. The van der Waals surface area contributed by atoms with Gasteiger partial charge < -0.3 is 25.6 Å². The van der Waals surface area contributed by atoms with Crippen LogP contribution in [0.3, 0.4) is 0 Å². The molecule has 0 aliphatic carbocycles. The van der Waals surface area contributed by atoms with Crippen LogP contribution in [0.15, 0.2) is 30.3 Å². The fourth-order valence-corrected chi connectivity index (χ4v) is 5.99. The molecule has 5 atom stereocenters. The van der Waals surface area contributed by atoms with Gasteiger partial charge in [-0.15, -0.1) is 0 Å². The molecule has 2 unspecified atom stereocenters. The molecule has 10 heteroatoms. The van der Waals surface area contributed by atoms with Crippen LogP contribution in [0.1, 0.15) is 45.6 Å². The maximum Gasteiger partial charge on any atom is 0.328 e. The summed E-state index contributed by atoms with van der Waals surface area (Å²) in [4.78, 5) is 50.2. The lowest BCUT2D eigenvalue weighted by Crippen LogP contribution is -2.52. The molecule has 4 N–H and O–H groups in total. The van der Waals surface area contributed by atoms with Crippen molar-refractivity contribution >= 4 is 25.2 Å². The van der Waals surface area contributed by atoms with E-state index in [1.165, 1.54) is 12.0 Å². The van der Waals surface area contributed by atoms with Crippen molar-refractivity contribution in [3.05, 3.63) is 35.9 Å². The van der Waals surface area contributed by atoms with Crippen LogP contribution in [0, 0.1) is 11.8 Å². The van der Waals surface area contributed by atoms with Gasteiger partial charge in [-0.3, -0.25) is 14.2 Å². The van der Waals surface area contributed by atoms with E-state index in [9.17, 15) is 23.8 Å². The van der Waals surface area contributed by atoms with Gasteiger partial charge in [-0.05, 0) is 37.2 Å². The fourth-order valence-electron chi connectivity index (χ4n) is 4.29. The first-order valence-corrected chi connectivity index (χ1v) is 13.7. The Bertz CT molecular complexity index is 894. The van der Waals surface area contributed by atoms with Gasteiger partial charge in [0.2, 0.25) is 19.2 Å². The van der Waals surface area contributed by atoms with Gasteiger partial charge >= 0.3 is 5.97 Å². The molecular weight excluding hydrogens is 457 g/mol. The van der Waals surface area contributed by atoms with Gasteiger partial charge in [0, 0.05) is 18.6 Å². The zero-order valence-corrected chi connectivity index (χ0v) is 21.4. The van der Waals surface area contributed by atoms with E-state index in [-0.39, 0.29) is 24.4 Å². The summed E-state index contributed by atoms with van der Waals surface area (Å²) in [5, 5.41) is 2.73. The lowest BCUT2D eigenvalue weighted by Gasteiger charge is -2.29. The average Bonchev–Trinajstić information content (AvgIpc) is 3.27. The largest absolute Gasteiger partial charge is 0.467 e. The monoisotopic (exact) mass is 495 g/mol. The molecule has 0 spiro atoms. The van der Waals surface area contributed by atoms with Crippen LogP contribution in [0.4, 0.5) is 0 Å². The number of hydrogen-bond donors (Lipinski definition) is 3. The van der Waals surface area contributed by atoms with Crippen molar-refractivity contribution in [2.75, 3.05) is 19.8 Å². The Morgan fingerprint density at radius 3 is 2.47 bits per heavy atom. The smallest absolute Gasteiger partial charge is 0.328 e. The molecule has 0 aromatic heterocycles. The van der Waals surface area contributed by atoms with Gasteiger partial charge in [-0.2, -0.15) is 0 Å². The minimum Gasteiger partial charge on any atom is -0.467 e. The van der Waals surface area contributed by atoms with E-state index < -0.39 is 43.0 Å². The minimum atomic E-state index is -3.83. The second-order valence-corrected chi connectivity index (χ2v) is 12.0. The number of nitrogens with one attached hydrogen (secondary N) is 1. The maximum absolute atomic E-state index is 13.2. The first-order valence-electron chi connectivity index (χ1n) is 11.8. The number of esters is 1. The van der Waals surface area contributed by atoms with Crippen LogP contribution in [-0.2, 0) is 30.1 Å². The number of nitrogens with two attached hydrogens (primary N) is 1. The predicted octanol–water partition coefficient (Wildman–Crippen LogP) is 2.12. The van der Waals surface area contributed by atoms with Crippen LogP contribution in [0.5, 0.6) is 0 Å². The number of carbonyl (C=O) groups excluding carboxylic acids is 3. The summed E-state index contributed by atoms with van der Waals surface area (Å²) in [6.07, 6.45) is 1.48. The zero-order chi connectivity index (χ0) is 25.5. The highest BCUT2D eigenvalue weighted by atomic mass is 31.2. The van der Waals surface area contributed by atoms with Gasteiger partial charge in [-0.25, -0.2) is 4.79 Å². The van der Waals surface area contributed by atoms with Crippen molar-refractivity contribution in [1.29, 1.82) is 0 Å². The number of carbonyl (C=O) groups is 3. The van der Waals surface area contributed by atoms with Crippen molar-refractivity contribution in [2.24, 2.45) is 17.6 Å². The lowest BCUT2D eigenvalue weighted by molar-refractivity contribution is -0.147. The van der Waals surface area contributed by atoms with Gasteiger partial charge in [0.1, 0.15) is 12.1 Å². The summed E-state index contributed by atoms with van der Waals surface area (Å²) >= 11 is 0. The van der Waals surface area contributed by atoms with Crippen LogP contribution in [0.25, 0.3) is 0 Å². The van der Waals surface area contributed by atoms with E-state index in [2.05, 4.69) is 5.32 Å². The molecule has 1 aliphatic heterocycles. The predicted molar refractivity (Wildman–Crippen MR) is 130 cm³/mol. The molecule has 9 nitrogen and oxygen atoms in total. The second kappa shape index (κ2) is 12.5. The SMILES string of the molecule is COC(=O)[C@H](CC(C)C)NC(=O)[C@@H]1CCCN1C(=O)C(C)CP(=O)(O)[C@@H](N)Cc1ccccc1. The molecule has 0 saturated carbocycles. The van der Waals surface area contributed by atoms with Crippen LogP contribution in [0.2, 0.25) is 0 Å². The third kappa shape index (κ3) is 7.65. The Balaban J connectivity index is 2.03.